The lowest BCUT2D eigenvalue weighted by atomic mass is 9.91. The second kappa shape index (κ2) is 6.82. The van der Waals surface area contributed by atoms with E-state index in [2.05, 4.69) is 15.3 Å². The third-order valence-electron chi connectivity index (χ3n) is 5.73. The van der Waals surface area contributed by atoms with Crippen molar-refractivity contribution in [1.29, 1.82) is 0 Å². The van der Waals surface area contributed by atoms with E-state index in [-0.39, 0.29) is 46.6 Å². The summed E-state index contributed by atoms with van der Waals surface area (Å²) in [6.45, 7) is 2.21. The lowest BCUT2D eigenvalue weighted by Gasteiger charge is -2.31. The Labute approximate surface area is 169 Å². The normalized spacial score (nSPS) is 20.1. The molecule has 3 aromatic heterocycles. The fourth-order valence-corrected chi connectivity index (χ4v) is 4.10. The molecule has 0 aromatic carbocycles. The van der Waals surface area contributed by atoms with Gasteiger partial charge < -0.3 is 13.9 Å². The third-order valence-corrected chi connectivity index (χ3v) is 5.73. The Morgan fingerprint density at radius 1 is 1.13 bits per heavy atom. The van der Waals surface area contributed by atoms with Gasteiger partial charge in [0.05, 0.1) is 16.6 Å². The molecule has 2 aliphatic rings. The van der Waals surface area contributed by atoms with Gasteiger partial charge in [-0.1, -0.05) is 10.3 Å². The lowest BCUT2D eigenvalue weighted by Crippen LogP contribution is -2.39. The monoisotopic (exact) mass is 420 g/mol. The largest absolute Gasteiger partial charge is 0.417 e. The molecule has 0 radical (unpaired) electrons. The summed E-state index contributed by atoms with van der Waals surface area (Å²) >= 11 is 0. The molecule has 1 unspecified atom stereocenters. The van der Waals surface area contributed by atoms with Gasteiger partial charge in [-0.3, -0.25) is 4.79 Å². The highest BCUT2D eigenvalue weighted by Crippen LogP contribution is 2.41. The average Bonchev–Trinajstić information content (AvgIpc) is 3.29. The van der Waals surface area contributed by atoms with Crippen LogP contribution in [0.2, 0.25) is 0 Å². The highest BCUT2D eigenvalue weighted by molar-refractivity contribution is 5.92. The van der Waals surface area contributed by atoms with Crippen LogP contribution in [0.4, 0.5) is 13.2 Å². The van der Waals surface area contributed by atoms with Crippen molar-refractivity contribution >= 4 is 17.0 Å². The minimum atomic E-state index is -4.56. The van der Waals surface area contributed by atoms with E-state index in [1.807, 2.05) is 0 Å². The SMILES string of the molecule is Cc1cc(C(F)(F)F)c2c(C3CCCN(C(=O)c4cc(C5CC5)on4)C3)noc2n1. The predicted octanol–water partition coefficient (Wildman–Crippen LogP) is 4.44. The van der Waals surface area contributed by atoms with Crippen molar-refractivity contribution in [2.24, 2.45) is 0 Å². The van der Waals surface area contributed by atoms with E-state index in [0.29, 0.717) is 31.1 Å². The number of fused-ring (bicyclic) bond motifs is 1. The van der Waals surface area contributed by atoms with Crippen molar-refractivity contribution < 1.29 is 27.0 Å². The fraction of sp³-hybridized carbons (Fsp3) is 0.500. The smallest absolute Gasteiger partial charge is 0.360 e. The zero-order valence-corrected chi connectivity index (χ0v) is 16.2. The molecule has 4 heterocycles. The van der Waals surface area contributed by atoms with E-state index in [9.17, 15) is 18.0 Å². The molecule has 0 bridgehead atoms. The van der Waals surface area contributed by atoms with Gasteiger partial charge in [-0.25, -0.2) is 4.98 Å². The second-order valence-corrected chi connectivity index (χ2v) is 8.04. The fourth-order valence-electron chi connectivity index (χ4n) is 4.10. The number of pyridine rings is 1. The molecule has 0 spiro atoms. The molecule has 1 saturated heterocycles. The van der Waals surface area contributed by atoms with Crippen LogP contribution in [-0.4, -0.2) is 39.2 Å². The summed E-state index contributed by atoms with van der Waals surface area (Å²) in [6, 6.07) is 2.67. The Kier molecular flexibility index (Phi) is 4.33. The highest BCUT2D eigenvalue weighted by Gasteiger charge is 2.38. The number of rotatable bonds is 3. The van der Waals surface area contributed by atoms with Crippen LogP contribution < -0.4 is 0 Å². The van der Waals surface area contributed by atoms with Gasteiger partial charge in [0.15, 0.2) is 5.69 Å². The minimum absolute atomic E-state index is 0.121. The first-order valence-corrected chi connectivity index (χ1v) is 9.91. The first-order valence-electron chi connectivity index (χ1n) is 9.91. The lowest BCUT2D eigenvalue weighted by molar-refractivity contribution is -0.136. The van der Waals surface area contributed by atoms with E-state index >= 15 is 0 Å². The van der Waals surface area contributed by atoms with Crippen LogP contribution in [-0.2, 0) is 6.18 Å². The van der Waals surface area contributed by atoms with Crippen LogP contribution in [0.15, 0.2) is 21.2 Å². The van der Waals surface area contributed by atoms with Gasteiger partial charge in [0, 0.05) is 36.7 Å². The molecule has 3 aromatic rings. The Hall–Kier alpha value is -2.91. The summed E-state index contributed by atoms with van der Waals surface area (Å²) in [5, 5.41) is 7.69. The van der Waals surface area contributed by atoms with Crippen molar-refractivity contribution in [3.63, 3.8) is 0 Å². The summed E-state index contributed by atoms with van der Waals surface area (Å²) in [4.78, 5) is 18.5. The van der Waals surface area contributed by atoms with E-state index in [1.165, 1.54) is 6.92 Å². The van der Waals surface area contributed by atoms with Crippen molar-refractivity contribution in [2.75, 3.05) is 13.1 Å². The number of carbonyl (C=O) groups is 1. The van der Waals surface area contributed by atoms with E-state index < -0.39 is 11.7 Å². The van der Waals surface area contributed by atoms with Gasteiger partial charge >= 0.3 is 6.18 Å². The zero-order chi connectivity index (χ0) is 21.0. The second-order valence-electron chi connectivity index (χ2n) is 8.04. The topological polar surface area (TPSA) is 85.3 Å². The molecule has 30 heavy (non-hydrogen) atoms. The van der Waals surface area contributed by atoms with Crippen LogP contribution in [0.3, 0.4) is 0 Å². The maximum atomic E-state index is 13.6. The number of carbonyl (C=O) groups excluding carboxylic acids is 1. The van der Waals surface area contributed by atoms with Crippen LogP contribution in [0.25, 0.3) is 11.1 Å². The Morgan fingerprint density at radius 2 is 1.93 bits per heavy atom. The summed E-state index contributed by atoms with van der Waals surface area (Å²) in [7, 11) is 0. The quantitative estimate of drug-likeness (QED) is 0.623. The predicted molar refractivity (Wildman–Crippen MR) is 97.9 cm³/mol. The van der Waals surface area contributed by atoms with Gasteiger partial charge in [0.1, 0.15) is 5.76 Å². The zero-order valence-electron chi connectivity index (χ0n) is 16.2. The molecule has 2 fully saturated rings. The number of nitrogens with zero attached hydrogens (tertiary/aromatic N) is 4. The molecule has 0 N–H and O–H groups in total. The molecule has 1 atom stereocenters. The van der Waals surface area contributed by atoms with Crippen molar-refractivity contribution in [3.8, 4) is 0 Å². The van der Waals surface area contributed by atoms with Gasteiger partial charge in [0.2, 0.25) is 0 Å². The Balaban J connectivity index is 1.44. The summed E-state index contributed by atoms with van der Waals surface area (Å²) < 4.78 is 51.3. The van der Waals surface area contributed by atoms with Crippen molar-refractivity contribution in [3.05, 3.63) is 40.5 Å². The number of hydrogen-bond donors (Lipinski definition) is 0. The molecule has 5 rings (SSSR count). The first-order chi connectivity index (χ1) is 14.3. The number of likely N-dealkylation sites (tertiary alicyclic amines) is 1. The van der Waals surface area contributed by atoms with Crippen LogP contribution in [0.1, 0.15) is 70.7 Å². The number of alkyl halides is 3. The number of hydrogen-bond acceptors (Lipinski definition) is 6. The van der Waals surface area contributed by atoms with Crippen LogP contribution in [0.5, 0.6) is 0 Å². The first kappa shape index (κ1) is 19.1. The molecule has 1 amide bonds. The Bertz CT molecular complexity index is 1120. The summed E-state index contributed by atoms with van der Waals surface area (Å²) in [6.07, 6.45) is -1.26. The molecule has 10 heteroatoms. The van der Waals surface area contributed by atoms with E-state index in [0.717, 1.165) is 18.9 Å². The van der Waals surface area contributed by atoms with E-state index in [4.69, 9.17) is 9.05 Å². The van der Waals surface area contributed by atoms with E-state index in [1.54, 1.807) is 11.0 Å². The molecule has 1 aliphatic heterocycles. The van der Waals surface area contributed by atoms with Crippen LogP contribution >= 0.6 is 0 Å². The number of aromatic nitrogens is 3. The van der Waals surface area contributed by atoms with Crippen molar-refractivity contribution in [1.82, 2.24) is 20.2 Å². The summed E-state index contributed by atoms with van der Waals surface area (Å²) in [5.74, 6) is 0.384. The Morgan fingerprint density at radius 3 is 2.67 bits per heavy atom. The van der Waals surface area contributed by atoms with Gasteiger partial charge in [-0.05, 0) is 38.7 Å². The standard InChI is InChI=1S/C20H19F3N4O3/c1-10-7-13(20(21,22)23)16-17(26-30-18(16)24-10)12-3-2-6-27(9-12)19(28)14-8-15(29-25-14)11-4-5-11/h7-8,11-12H,2-6,9H2,1H3. The van der Waals surface area contributed by atoms with Crippen LogP contribution in [0, 0.1) is 6.92 Å². The molecule has 1 aliphatic carbocycles. The number of aryl methyl sites for hydroxylation is 1. The highest BCUT2D eigenvalue weighted by atomic mass is 19.4. The number of amides is 1. The van der Waals surface area contributed by atoms with Crippen molar-refractivity contribution in [2.45, 2.75) is 50.6 Å². The number of halogens is 3. The molecular weight excluding hydrogens is 401 g/mol. The molecule has 7 nitrogen and oxygen atoms in total. The minimum Gasteiger partial charge on any atom is -0.360 e. The van der Waals surface area contributed by atoms with Gasteiger partial charge in [0.25, 0.3) is 11.6 Å². The summed E-state index contributed by atoms with van der Waals surface area (Å²) in [5.41, 5.74) is -0.311. The molecular formula is C20H19F3N4O3. The van der Waals surface area contributed by atoms with Gasteiger partial charge in [-0.15, -0.1) is 0 Å². The molecule has 1 saturated carbocycles. The third kappa shape index (κ3) is 3.33. The number of piperidine rings is 1. The average molecular weight is 420 g/mol. The maximum absolute atomic E-state index is 13.6. The maximum Gasteiger partial charge on any atom is 0.417 e. The molecule has 158 valence electrons. The van der Waals surface area contributed by atoms with Gasteiger partial charge in [-0.2, -0.15) is 13.2 Å².